The van der Waals surface area contributed by atoms with Crippen molar-refractivity contribution in [1.29, 1.82) is 0 Å². The SMILES string of the molecule is COc1cc(C=C2C(=O)NC(=S)N(c3cccc(C(=O)O)c3)C2=O)c(Br)cc1OCc1ccccc1F. The molecule has 1 saturated heterocycles. The fourth-order valence-corrected chi connectivity index (χ4v) is 4.25. The van der Waals surface area contributed by atoms with E-state index in [0.29, 0.717) is 21.3 Å². The number of anilines is 1. The van der Waals surface area contributed by atoms with Crippen molar-refractivity contribution >= 4 is 62.8 Å². The van der Waals surface area contributed by atoms with Gasteiger partial charge in [0.15, 0.2) is 16.6 Å². The van der Waals surface area contributed by atoms with E-state index in [9.17, 15) is 23.9 Å². The Morgan fingerprint density at radius 1 is 1.14 bits per heavy atom. The first kappa shape index (κ1) is 26.0. The van der Waals surface area contributed by atoms with Gasteiger partial charge in [-0.1, -0.05) is 40.2 Å². The average Bonchev–Trinajstić information content (AvgIpc) is 2.87. The van der Waals surface area contributed by atoms with Crippen LogP contribution < -0.4 is 19.7 Å². The third kappa shape index (κ3) is 5.52. The van der Waals surface area contributed by atoms with E-state index in [1.807, 2.05) is 0 Å². The predicted octanol–water partition coefficient (Wildman–Crippen LogP) is 4.71. The largest absolute Gasteiger partial charge is 0.493 e. The van der Waals surface area contributed by atoms with Crippen LogP contribution in [0.5, 0.6) is 11.5 Å². The van der Waals surface area contributed by atoms with Gasteiger partial charge in [0.2, 0.25) is 0 Å². The number of methoxy groups -OCH3 is 1. The summed E-state index contributed by atoms with van der Waals surface area (Å²) in [6.07, 6.45) is 1.35. The fraction of sp³-hybridized carbons (Fsp3) is 0.0769. The van der Waals surface area contributed by atoms with Crippen LogP contribution in [0, 0.1) is 5.82 Å². The summed E-state index contributed by atoms with van der Waals surface area (Å²) in [6, 6.07) is 15.0. The molecule has 0 spiro atoms. The number of aromatic carboxylic acids is 1. The highest BCUT2D eigenvalue weighted by Crippen LogP contribution is 2.36. The second-order valence-corrected chi connectivity index (χ2v) is 8.96. The molecule has 4 rings (SSSR count). The molecule has 37 heavy (non-hydrogen) atoms. The zero-order chi connectivity index (χ0) is 26.7. The number of hydrogen-bond donors (Lipinski definition) is 2. The minimum atomic E-state index is -1.18. The van der Waals surface area contributed by atoms with Gasteiger partial charge in [-0.05, 0) is 60.3 Å². The molecule has 0 aliphatic carbocycles. The number of ether oxygens (including phenoxy) is 2. The second-order valence-electron chi connectivity index (χ2n) is 7.72. The van der Waals surface area contributed by atoms with Gasteiger partial charge in [0.05, 0.1) is 18.4 Å². The van der Waals surface area contributed by atoms with Gasteiger partial charge < -0.3 is 14.6 Å². The third-order valence-corrected chi connectivity index (χ3v) is 6.35. The first-order chi connectivity index (χ1) is 17.7. The summed E-state index contributed by atoms with van der Waals surface area (Å²) >= 11 is 8.59. The van der Waals surface area contributed by atoms with Crippen LogP contribution in [0.3, 0.4) is 0 Å². The molecule has 3 aromatic rings. The number of carboxylic acid groups (broad SMARTS) is 1. The molecule has 0 unspecified atom stereocenters. The number of nitrogens with one attached hydrogen (secondary N) is 1. The lowest BCUT2D eigenvalue weighted by Gasteiger charge is -2.29. The second kappa shape index (κ2) is 10.9. The van der Waals surface area contributed by atoms with Gasteiger partial charge in [0, 0.05) is 10.0 Å². The molecule has 1 fully saturated rings. The molecule has 1 aliphatic rings. The number of amides is 2. The minimum absolute atomic E-state index is 0.0430. The van der Waals surface area contributed by atoms with Crippen molar-refractivity contribution in [3.63, 3.8) is 0 Å². The van der Waals surface area contributed by atoms with E-state index in [0.717, 1.165) is 4.90 Å². The van der Waals surface area contributed by atoms with E-state index in [1.165, 1.54) is 43.5 Å². The predicted molar refractivity (Wildman–Crippen MR) is 141 cm³/mol. The Balaban J connectivity index is 1.66. The Morgan fingerprint density at radius 2 is 1.89 bits per heavy atom. The van der Waals surface area contributed by atoms with Crippen molar-refractivity contribution < 1.29 is 33.4 Å². The summed E-state index contributed by atoms with van der Waals surface area (Å²) in [5.41, 5.74) is 0.681. The number of rotatable bonds is 7. The Kier molecular flexibility index (Phi) is 7.65. The molecule has 2 amide bonds. The van der Waals surface area contributed by atoms with E-state index < -0.39 is 23.6 Å². The van der Waals surface area contributed by atoms with Crippen molar-refractivity contribution in [2.45, 2.75) is 6.61 Å². The highest BCUT2D eigenvalue weighted by atomic mass is 79.9. The van der Waals surface area contributed by atoms with Gasteiger partial charge >= 0.3 is 5.97 Å². The summed E-state index contributed by atoms with van der Waals surface area (Å²) in [5, 5.41) is 11.6. The molecule has 2 N–H and O–H groups in total. The van der Waals surface area contributed by atoms with Crippen LogP contribution >= 0.6 is 28.1 Å². The van der Waals surface area contributed by atoms with Crippen molar-refractivity contribution in [3.8, 4) is 11.5 Å². The van der Waals surface area contributed by atoms with E-state index in [4.69, 9.17) is 21.7 Å². The number of carboxylic acids is 1. The number of carbonyl (C=O) groups is 3. The van der Waals surface area contributed by atoms with Crippen molar-refractivity contribution in [1.82, 2.24) is 5.32 Å². The molecule has 188 valence electrons. The van der Waals surface area contributed by atoms with Gasteiger partial charge in [-0.25, -0.2) is 9.18 Å². The number of carbonyl (C=O) groups excluding carboxylic acids is 2. The lowest BCUT2D eigenvalue weighted by atomic mass is 10.1. The number of thiocarbonyl (C=S) groups is 1. The van der Waals surface area contributed by atoms with Crippen LogP contribution in [0.1, 0.15) is 21.5 Å². The molecule has 1 heterocycles. The monoisotopic (exact) mass is 584 g/mol. The maximum Gasteiger partial charge on any atom is 0.335 e. The Morgan fingerprint density at radius 3 is 2.59 bits per heavy atom. The highest BCUT2D eigenvalue weighted by molar-refractivity contribution is 9.10. The van der Waals surface area contributed by atoms with E-state index in [-0.39, 0.29) is 34.3 Å². The van der Waals surface area contributed by atoms with Crippen LogP contribution in [0.25, 0.3) is 6.08 Å². The van der Waals surface area contributed by atoms with Gasteiger partial charge in [-0.2, -0.15) is 0 Å². The standard InChI is InChI=1S/C26H18BrFN2O6S/c1-35-21-11-16(19(27)12-22(21)36-13-15-5-2-3-8-20(15)28)10-18-23(31)29-26(37)30(24(18)32)17-7-4-6-14(9-17)25(33)34/h2-12H,13H2,1H3,(H,33,34)(H,29,31,37). The quantitative estimate of drug-likeness (QED) is 0.235. The summed E-state index contributed by atoms with van der Waals surface area (Å²) in [4.78, 5) is 38.4. The molecule has 1 aliphatic heterocycles. The average molecular weight is 585 g/mol. The number of nitrogens with zero attached hydrogens (tertiary/aromatic N) is 1. The smallest absolute Gasteiger partial charge is 0.335 e. The Hall–Kier alpha value is -4.09. The van der Waals surface area contributed by atoms with Gasteiger partial charge in [0.1, 0.15) is 18.0 Å². The number of benzene rings is 3. The number of hydrogen-bond acceptors (Lipinski definition) is 6. The fourth-order valence-electron chi connectivity index (χ4n) is 3.53. The molecule has 0 atom stereocenters. The normalized spacial score (nSPS) is 14.5. The highest BCUT2D eigenvalue weighted by Gasteiger charge is 2.35. The molecule has 0 aromatic heterocycles. The third-order valence-electron chi connectivity index (χ3n) is 5.38. The van der Waals surface area contributed by atoms with Crippen LogP contribution in [-0.2, 0) is 16.2 Å². The van der Waals surface area contributed by atoms with Gasteiger partial charge in [0.25, 0.3) is 11.8 Å². The van der Waals surface area contributed by atoms with Crippen LogP contribution in [-0.4, -0.2) is 35.1 Å². The van der Waals surface area contributed by atoms with Gasteiger partial charge in [-0.3, -0.25) is 19.8 Å². The first-order valence-corrected chi connectivity index (χ1v) is 11.9. The number of halogens is 2. The lowest BCUT2D eigenvalue weighted by molar-refractivity contribution is -0.122. The van der Waals surface area contributed by atoms with E-state index in [1.54, 1.807) is 30.3 Å². The summed E-state index contributed by atoms with van der Waals surface area (Å²) in [5.74, 6) is -2.43. The zero-order valence-corrected chi connectivity index (χ0v) is 21.6. The van der Waals surface area contributed by atoms with Crippen molar-refractivity contribution in [3.05, 3.63) is 93.2 Å². The van der Waals surface area contributed by atoms with Crippen LogP contribution in [0.15, 0.2) is 70.7 Å². The first-order valence-electron chi connectivity index (χ1n) is 10.7. The summed E-state index contributed by atoms with van der Waals surface area (Å²) in [6.45, 7) is -0.0430. The maximum atomic E-state index is 14.0. The zero-order valence-electron chi connectivity index (χ0n) is 19.2. The molecular formula is C26H18BrFN2O6S. The van der Waals surface area contributed by atoms with E-state index >= 15 is 0 Å². The molecule has 0 saturated carbocycles. The molecule has 8 nitrogen and oxygen atoms in total. The Labute approximate surface area is 224 Å². The molecule has 0 bridgehead atoms. The molecular weight excluding hydrogens is 567 g/mol. The maximum absolute atomic E-state index is 14.0. The van der Waals surface area contributed by atoms with Crippen LogP contribution in [0.2, 0.25) is 0 Å². The van der Waals surface area contributed by atoms with Crippen LogP contribution in [0.4, 0.5) is 10.1 Å². The van der Waals surface area contributed by atoms with Gasteiger partial charge in [-0.15, -0.1) is 0 Å². The molecule has 0 radical (unpaired) electrons. The van der Waals surface area contributed by atoms with Crippen molar-refractivity contribution in [2.75, 3.05) is 12.0 Å². The summed E-state index contributed by atoms with van der Waals surface area (Å²) < 4.78 is 25.6. The van der Waals surface area contributed by atoms with Crippen molar-refractivity contribution in [2.24, 2.45) is 0 Å². The van der Waals surface area contributed by atoms with E-state index in [2.05, 4.69) is 21.2 Å². The minimum Gasteiger partial charge on any atom is -0.493 e. The molecule has 11 heteroatoms. The molecule has 3 aromatic carbocycles. The lowest BCUT2D eigenvalue weighted by Crippen LogP contribution is -2.54. The topological polar surface area (TPSA) is 105 Å². The Bertz CT molecular complexity index is 1480. The summed E-state index contributed by atoms with van der Waals surface area (Å²) in [7, 11) is 1.42.